The van der Waals surface area contributed by atoms with Gasteiger partial charge in [-0.2, -0.15) is 0 Å². The van der Waals surface area contributed by atoms with Crippen molar-refractivity contribution in [2.45, 2.75) is 102 Å². The number of aliphatic hydroxyl groups excluding tert-OH is 1. The van der Waals surface area contributed by atoms with Crippen molar-refractivity contribution in [3.05, 3.63) is 71.2 Å². The summed E-state index contributed by atoms with van der Waals surface area (Å²) in [6.45, 7) is 8.69. The summed E-state index contributed by atoms with van der Waals surface area (Å²) in [7, 11) is 0. The predicted molar refractivity (Wildman–Crippen MR) is 160 cm³/mol. The predicted octanol–water partition coefficient (Wildman–Crippen LogP) is 3.88. The molecule has 11 heteroatoms. The van der Waals surface area contributed by atoms with Crippen LogP contribution >= 0.6 is 0 Å². The summed E-state index contributed by atoms with van der Waals surface area (Å²) in [5.41, 5.74) is -4.32. The van der Waals surface area contributed by atoms with Crippen molar-refractivity contribution in [1.82, 2.24) is 0 Å². The van der Waals surface area contributed by atoms with Crippen LogP contribution in [0.5, 0.6) is 0 Å². The second kappa shape index (κ2) is 12.5. The summed E-state index contributed by atoms with van der Waals surface area (Å²) in [6, 6.07) is 11.7. The fourth-order valence-electron chi connectivity index (χ4n) is 8.33. The van der Waals surface area contributed by atoms with E-state index in [1.54, 1.807) is 77.1 Å². The number of aliphatic hydroxyl groups is 3. The molecule has 1 radical (unpaired) electrons. The van der Waals surface area contributed by atoms with Crippen molar-refractivity contribution in [3.63, 3.8) is 0 Å². The molecule has 9 atom stereocenters. The number of hydrogen-bond donors (Lipinski definition) is 3. The summed E-state index contributed by atoms with van der Waals surface area (Å²) in [5, 5.41) is 36.1. The molecular formula is C35H42AcO10. The number of rotatable bonds is 6. The maximum atomic E-state index is 14.4. The molecule has 1 aromatic heterocycles. The summed E-state index contributed by atoms with van der Waals surface area (Å²) in [4.78, 5) is 41.4. The van der Waals surface area contributed by atoms with Crippen LogP contribution in [0.1, 0.15) is 82.3 Å². The smallest absolute Gasteiger partial charge is 0.338 e. The molecule has 2 bridgehead atoms. The van der Waals surface area contributed by atoms with Gasteiger partial charge in [0.15, 0.2) is 6.10 Å². The molecule has 3 aliphatic carbocycles. The topological polar surface area (TPSA) is 153 Å². The van der Waals surface area contributed by atoms with Crippen LogP contribution in [0.25, 0.3) is 0 Å². The zero-order valence-electron chi connectivity index (χ0n) is 26.9. The summed E-state index contributed by atoms with van der Waals surface area (Å²) in [5.74, 6) is -3.10. The summed E-state index contributed by atoms with van der Waals surface area (Å²) < 4.78 is 23.3. The molecule has 3 fully saturated rings. The third-order valence-corrected chi connectivity index (χ3v) is 11.5. The molecule has 2 heterocycles. The summed E-state index contributed by atoms with van der Waals surface area (Å²) in [6.07, 6.45) is -2.56. The fraction of sp³-hybridized carbons (Fsp3) is 0.571. The first kappa shape index (κ1) is 35.4. The maximum absolute atomic E-state index is 14.4. The van der Waals surface area contributed by atoms with E-state index in [4.69, 9.17) is 18.6 Å². The van der Waals surface area contributed by atoms with Gasteiger partial charge in [0, 0.05) is 73.7 Å². The van der Waals surface area contributed by atoms with Gasteiger partial charge in [-0.15, -0.1) is 0 Å². The minimum absolute atomic E-state index is 0. The van der Waals surface area contributed by atoms with E-state index < -0.39 is 70.2 Å². The number of carbonyl (C=O) groups is 3. The van der Waals surface area contributed by atoms with Gasteiger partial charge in [-0.1, -0.05) is 51.5 Å². The molecule has 245 valence electrons. The Hall–Kier alpha value is -1.87. The number of esters is 2. The van der Waals surface area contributed by atoms with E-state index in [2.05, 4.69) is 0 Å². The molecule has 1 saturated heterocycles. The van der Waals surface area contributed by atoms with Gasteiger partial charge in [0.25, 0.3) is 0 Å². The molecule has 10 nitrogen and oxygen atoms in total. The molecule has 1 aromatic carbocycles. The van der Waals surface area contributed by atoms with Crippen molar-refractivity contribution in [1.29, 1.82) is 0 Å². The standard InChI is InChI=1S/C35H42O10.Ac/c1-19-22-16-25(36)33(5)14-13-26-34(40,18-43-26)28(33)29(45-30(38)21-10-7-6-8-11-21)35(41,32(22,3)4)17-24(19)44-31(39)27(37)20(2)23-12-9-15-42-23;/h6-12,15,20,24,26-29,37,40-41H,13-14,16-18H2,1-5H3;/t20?,24?,26?,27?,28?,29?,33-,34-,35?;/m0./s1. The monoisotopic (exact) mass is 849 g/mol. The van der Waals surface area contributed by atoms with E-state index in [1.165, 1.54) is 6.26 Å². The normalized spacial score (nSPS) is 36.0. The molecule has 0 spiro atoms. The van der Waals surface area contributed by atoms with E-state index >= 15 is 0 Å². The molecule has 6 rings (SSSR count). The first-order valence-corrected chi connectivity index (χ1v) is 15.6. The Labute approximate surface area is 304 Å². The van der Waals surface area contributed by atoms with Gasteiger partial charge in [0.05, 0.1) is 30.5 Å². The Morgan fingerprint density at radius 3 is 2.35 bits per heavy atom. The number of carbonyl (C=O) groups excluding carboxylic acids is 3. The second-order valence-electron chi connectivity index (χ2n) is 14.1. The number of Topliss-reactive ketones (excluding diaryl/α,β-unsaturated/α-hetero) is 1. The number of ether oxygens (including phenoxy) is 3. The molecular weight excluding hydrogens is 807 g/mol. The van der Waals surface area contributed by atoms with Crippen LogP contribution in [0.3, 0.4) is 0 Å². The number of benzene rings is 1. The number of ketones is 1. The molecule has 3 N–H and O–H groups in total. The number of fused-ring (bicyclic) bond motifs is 5. The van der Waals surface area contributed by atoms with Gasteiger partial charge in [-0.05, 0) is 49.6 Å². The van der Waals surface area contributed by atoms with E-state index in [0.29, 0.717) is 29.7 Å². The molecule has 1 aliphatic heterocycles. The fourth-order valence-corrected chi connectivity index (χ4v) is 8.33. The SMILES string of the molecule is CC1=C2CC(=O)[C@]3(C)CCC4OC[C@@]4(O)C3C(OC(=O)c3ccccc3)C(O)(CC1OC(=O)C(O)C(C)c1ccco1)C2(C)C.[Ac]. The largest absolute Gasteiger partial charge is 0.469 e. The molecule has 0 amide bonds. The van der Waals surface area contributed by atoms with Gasteiger partial charge in [0.2, 0.25) is 0 Å². The van der Waals surface area contributed by atoms with Crippen LogP contribution in [0.2, 0.25) is 0 Å². The maximum Gasteiger partial charge on any atom is 0.338 e. The molecule has 7 unspecified atom stereocenters. The van der Waals surface area contributed by atoms with Gasteiger partial charge < -0.3 is 33.9 Å². The van der Waals surface area contributed by atoms with Crippen LogP contribution in [-0.4, -0.2) is 75.3 Å². The van der Waals surface area contributed by atoms with Gasteiger partial charge in [0.1, 0.15) is 35.0 Å². The Balaban J connectivity index is 0.00000417. The van der Waals surface area contributed by atoms with Crippen LogP contribution in [-0.2, 0) is 23.8 Å². The van der Waals surface area contributed by atoms with Gasteiger partial charge in [-0.3, -0.25) is 4.79 Å². The van der Waals surface area contributed by atoms with Crippen LogP contribution < -0.4 is 0 Å². The number of furan rings is 1. The average Bonchev–Trinajstić information content (AvgIpc) is 3.55. The first-order valence-electron chi connectivity index (χ1n) is 15.6. The van der Waals surface area contributed by atoms with Crippen molar-refractivity contribution in [2.75, 3.05) is 6.61 Å². The van der Waals surface area contributed by atoms with Gasteiger partial charge >= 0.3 is 11.9 Å². The Kier molecular flexibility index (Phi) is 9.66. The van der Waals surface area contributed by atoms with Crippen LogP contribution in [0.4, 0.5) is 0 Å². The molecule has 2 aromatic rings. The zero-order chi connectivity index (χ0) is 32.5. The Morgan fingerprint density at radius 1 is 1.04 bits per heavy atom. The van der Waals surface area contributed by atoms with Crippen molar-refractivity contribution in [2.24, 2.45) is 16.7 Å². The molecule has 4 aliphatic rings. The minimum Gasteiger partial charge on any atom is -0.469 e. The van der Waals surface area contributed by atoms with Crippen LogP contribution in [0, 0.1) is 60.8 Å². The third-order valence-electron chi connectivity index (χ3n) is 11.5. The zero-order valence-corrected chi connectivity index (χ0v) is 31.6. The van der Waals surface area contributed by atoms with Crippen LogP contribution in [0.15, 0.2) is 64.3 Å². The second-order valence-corrected chi connectivity index (χ2v) is 14.1. The summed E-state index contributed by atoms with van der Waals surface area (Å²) >= 11 is 0. The van der Waals surface area contributed by atoms with E-state index in [-0.39, 0.29) is 74.9 Å². The Bertz CT molecular complexity index is 1520. The molecule has 46 heavy (non-hydrogen) atoms. The quantitative estimate of drug-likeness (QED) is 0.289. The van der Waals surface area contributed by atoms with E-state index in [1.807, 2.05) is 0 Å². The minimum atomic E-state index is -1.91. The van der Waals surface area contributed by atoms with Gasteiger partial charge in [-0.25, -0.2) is 9.59 Å². The number of hydrogen-bond acceptors (Lipinski definition) is 10. The van der Waals surface area contributed by atoms with E-state index in [0.717, 1.165) is 0 Å². The third kappa shape index (κ3) is 5.38. The average molecular weight is 850 g/mol. The van der Waals surface area contributed by atoms with Crippen molar-refractivity contribution < 1.29 is 92.4 Å². The van der Waals surface area contributed by atoms with Crippen molar-refractivity contribution in [3.8, 4) is 0 Å². The first-order chi connectivity index (χ1) is 21.1. The Morgan fingerprint density at radius 2 is 1.74 bits per heavy atom. The van der Waals surface area contributed by atoms with E-state index in [9.17, 15) is 29.7 Å². The molecule has 2 saturated carbocycles. The van der Waals surface area contributed by atoms with Crippen molar-refractivity contribution >= 4 is 17.7 Å².